The molecule has 67 heavy (non-hydrogen) atoms. The smallest absolute Gasteiger partial charge is 0.501 e. The zero-order valence-electron chi connectivity index (χ0n) is 39.9. The van der Waals surface area contributed by atoms with Gasteiger partial charge in [-0.15, -0.1) is 24.3 Å². The van der Waals surface area contributed by atoms with Gasteiger partial charge in [0.25, 0.3) is 0 Å². The molecule has 0 aliphatic carbocycles. The van der Waals surface area contributed by atoms with Crippen LogP contribution >= 0.6 is 0 Å². The Hall–Kier alpha value is -6.80. The first kappa shape index (κ1) is 48.1. The minimum Gasteiger partial charge on any atom is -0.501 e. The van der Waals surface area contributed by atoms with Gasteiger partial charge in [0.1, 0.15) is 23.0 Å². The van der Waals surface area contributed by atoms with Crippen LogP contribution in [0.25, 0.3) is 61.2 Å². The van der Waals surface area contributed by atoms with Crippen LogP contribution in [0, 0.1) is 19.6 Å². The first-order valence-electron chi connectivity index (χ1n) is 22.1. The molecule has 0 N–H and O–H groups in total. The fourth-order valence-electron chi connectivity index (χ4n) is 7.82. The van der Waals surface area contributed by atoms with Gasteiger partial charge >= 0.3 is 20.1 Å². The van der Waals surface area contributed by atoms with Crippen LogP contribution in [0.3, 0.4) is 0 Å². The largest absolute Gasteiger partial charge is 3.00 e. The van der Waals surface area contributed by atoms with E-state index in [0.717, 1.165) is 73.2 Å². The summed E-state index contributed by atoms with van der Waals surface area (Å²) in [4.78, 5) is 26.0. The Bertz CT molecular complexity index is 3200. The van der Waals surface area contributed by atoms with Crippen LogP contribution in [0.2, 0.25) is 0 Å². The zero-order valence-corrected chi connectivity index (χ0v) is 42.3. The van der Waals surface area contributed by atoms with Crippen LogP contribution in [-0.4, -0.2) is 29.5 Å². The average molecular weight is 1060 g/mol. The first-order valence-corrected chi connectivity index (χ1v) is 22.1. The van der Waals surface area contributed by atoms with E-state index < -0.39 is 0 Å². The Morgan fingerprint density at radius 2 is 1.25 bits per heavy atom. The molecule has 0 aliphatic heterocycles. The van der Waals surface area contributed by atoms with E-state index in [1.165, 1.54) is 16.7 Å². The first-order chi connectivity index (χ1) is 31.1. The molecule has 0 unspecified atom stereocenters. The number of rotatable bonds is 6. The van der Waals surface area contributed by atoms with E-state index in [1.807, 2.05) is 77.7 Å². The summed E-state index contributed by atoms with van der Waals surface area (Å²) >= 11 is 0. The molecule has 0 atom stereocenters. The molecule has 0 bridgehead atoms. The van der Waals surface area contributed by atoms with E-state index in [9.17, 15) is 0 Å². The summed E-state index contributed by atoms with van der Waals surface area (Å²) in [6.07, 6.45) is 1.77. The standard InChI is InChI=1S/C35H27N2O.C22H26N5.CH3.Ir/c1-35(2,3)24-20-21-30(28(22-24)23-12-5-4-6-13-23)37-31-18-9-8-17-29(31)36-34(37)27-16-11-15-26-25-14-7-10-19-32(25)38-33(26)27;1-21(2,3)18-24-19(22(4,5)6)26-20(25-18)27(16-12-8-7-9-13-16)17-14-10-11-15-23-17;;/h4-15,17-22H,1-3H3;7-12,14-15H,1-6H3;1H3;/q3*-1;+3. The predicted octanol–water partition coefficient (Wildman–Crippen LogP) is 14.9. The van der Waals surface area contributed by atoms with Crippen LogP contribution in [0.5, 0.6) is 0 Å². The van der Waals surface area contributed by atoms with Crippen LogP contribution in [-0.2, 0) is 36.4 Å². The molecule has 6 aromatic carbocycles. The molecule has 0 amide bonds. The van der Waals surface area contributed by atoms with Gasteiger partial charge in [-0.3, -0.25) is 9.88 Å². The Balaban J connectivity index is 0.000000205. The molecule has 0 aliphatic rings. The van der Waals surface area contributed by atoms with E-state index >= 15 is 0 Å². The predicted molar refractivity (Wildman–Crippen MR) is 272 cm³/mol. The van der Waals surface area contributed by atoms with Crippen molar-refractivity contribution in [2.75, 3.05) is 4.90 Å². The van der Waals surface area contributed by atoms with Gasteiger partial charge in [-0.05, 0) is 59.0 Å². The molecular weight excluding hydrogens is 1000 g/mol. The van der Waals surface area contributed by atoms with E-state index in [0.29, 0.717) is 5.95 Å². The van der Waals surface area contributed by atoms with Crippen molar-refractivity contribution < 1.29 is 24.5 Å². The van der Waals surface area contributed by atoms with Gasteiger partial charge in [0.15, 0.2) is 0 Å². The number of benzene rings is 6. The van der Waals surface area contributed by atoms with E-state index in [1.54, 1.807) is 6.20 Å². The summed E-state index contributed by atoms with van der Waals surface area (Å²) in [5.74, 6) is 3.63. The second-order valence-corrected chi connectivity index (χ2v) is 19.4. The molecule has 8 nitrogen and oxygen atoms in total. The minimum atomic E-state index is -0.201. The van der Waals surface area contributed by atoms with Crippen molar-refractivity contribution in [3.63, 3.8) is 0 Å². The van der Waals surface area contributed by atoms with Crippen molar-refractivity contribution in [2.45, 2.75) is 78.6 Å². The molecule has 0 radical (unpaired) electrons. The number of furan rings is 1. The molecule has 0 fully saturated rings. The Morgan fingerprint density at radius 1 is 0.582 bits per heavy atom. The molecule has 10 aromatic rings. The number of aromatic nitrogens is 6. The van der Waals surface area contributed by atoms with Gasteiger partial charge in [0, 0.05) is 33.7 Å². The van der Waals surface area contributed by atoms with E-state index in [-0.39, 0.29) is 43.8 Å². The number of fused-ring (bicyclic) bond motifs is 4. The SMILES string of the molecule is CC(C)(C)c1ccc(-n2c(-c3[c-]ccc4c3oc3ccccc34)nc3ccccc32)c(-c2ccccc2)c1.CC(C)(C)c1nc(N(c2[c-]cccc2)c2ccccn2)nc(C(C)(C)C)n1.[CH3-].[Ir+3]. The minimum absolute atomic E-state index is 0. The van der Waals surface area contributed by atoms with Crippen molar-refractivity contribution in [3.05, 3.63) is 195 Å². The molecule has 4 aromatic heterocycles. The van der Waals surface area contributed by atoms with Crippen LogP contribution in [0.15, 0.2) is 162 Å². The van der Waals surface area contributed by atoms with Crippen molar-refractivity contribution in [1.82, 2.24) is 29.5 Å². The summed E-state index contributed by atoms with van der Waals surface area (Å²) in [5, 5.41) is 2.17. The fraction of sp³-hybridized carbons (Fsp3) is 0.207. The zero-order chi connectivity index (χ0) is 45.5. The summed E-state index contributed by atoms with van der Waals surface area (Å²) in [6, 6.07) is 58.2. The topological polar surface area (TPSA) is 85.8 Å². The van der Waals surface area contributed by atoms with Gasteiger partial charge in [-0.2, -0.15) is 34.2 Å². The second kappa shape index (κ2) is 19.2. The quantitative estimate of drug-likeness (QED) is 0.153. The van der Waals surface area contributed by atoms with Gasteiger partial charge in [-0.1, -0.05) is 152 Å². The fourth-order valence-corrected chi connectivity index (χ4v) is 7.82. The maximum Gasteiger partial charge on any atom is 3.00 e. The molecule has 0 saturated heterocycles. The summed E-state index contributed by atoms with van der Waals surface area (Å²) in [6.45, 7) is 19.4. The molecule has 0 saturated carbocycles. The maximum atomic E-state index is 6.42. The van der Waals surface area contributed by atoms with Gasteiger partial charge in [0.05, 0.1) is 22.4 Å². The van der Waals surface area contributed by atoms with E-state index in [2.05, 4.69) is 163 Å². The average Bonchev–Trinajstić information content (AvgIpc) is 3.88. The normalized spacial score (nSPS) is 11.7. The number of anilines is 3. The number of imidazole rings is 1. The Kier molecular flexibility index (Phi) is 13.8. The van der Waals surface area contributed by atoms with Crippen molar-refractivity contribution in [3.8, 4) is 28.2 Å². The van der Waals surface area contributed by atoms with Gasteiger partial charge < -0.3 is 16.4 Å². The third kappa shape index (κ3) is 9.85. The molecule has 9 heteroatoms. The van der Waals surface area contributed by atoms with Crippen molar-refractivity contribution in [2.24, 2.45) is 0 Å². The molecule has 0 spiro atoms. The number of pyridine rings is 1. The molecule has 4 heterocycles. The van der Waals surface area contributed by atoms with Crippen LogP contribution < -0.4 is 4.90 Å². The Labute approximate surface area is 408 Å². The van der Waals surface area contributed by atoms with E-state index in [4.69, 9.17) is 24.4 Å². The third-order valence-electron chi connectivity index (χ3n) is 11.3. The molecule has 10 rings (SSSR count). The maximum absolute atomic E-state index is 6.42. The van der Waals surface area contributed by atoms with Crippen LogP contribution in [0.1, 0.15) is 79.5 Å². The third-order valence-corrected chi connectivity index (χ3v) is 11.3. The monoisotopic (exact) mass is 1060 g/mol. The van der Waals surface area contributed by atoms with Gasteiger partial charge in [0.2, 0.25) is 5.95 Å². The summed E-state index contributed by atoms with van der Waals surface area (Å²) in [7, 11) is 0. The van der Waals surface area contributed by atoms with Crippen molar-refractivity contribution >= 4 is 50.4 Å². The van der Waals surface area contributed by atoms with Crippen LogP contribution in [0.4, 0.5) is 17.5 Å². The summed E-state index contributed by atoms with van der Waals surface area (Å²) < 4.78 is 8.69. The Morgan fingerprint density at radius 3 is 1.93 bits per heavy atom. The summed E-state index contributed by atoms with van der Waals surface area (Å²) in [5.41, 5.74) is 9.66. The number of nitrogens with zero attached hydrogens (tertiary/aromatic N) is 7. The number of hydrogen-bond acceptors (Lipinski definition) is 7. The van der Waals surface area contributed by atoms with Crippen molar-refractivity contribution in [1.29, 1.82) is 0 Å². The number of hydrogen-bond donors (Lipinski definition) is 0. The van der Waals surface area contributed by atoms with Gasteiger partial charge in [-0.25, -0.2) is 9.97 Å². The molecule has 338 valence electrons. The molecular formula is C58H56IrN7O. The number of para-hydroxylation sites is 4. The second-order valence-electron chi connectivity index (χ2n) is 19.4.